The van der Waals surface area contributed by atoms with Crippen molar-refractivity contribution in [3.63, 3.8) is 0 Å². The van der Waals surface area contributed by atoms with Gasteiger partial charge in [-0.1, -0.05) is 287 Å². The Kier molecular flexibility index (Phi) is 54.1. The van der Waals surface area contributed by atoms with Crippen LogP contribution in [0.5, 0.6) is 0 Å². The molecule has 3 atom stereocenters. The number of nitrogens with zero attached hydrogens (tertiary/aromatic N) is 1. The van der Waals surface area contributed by atoms with Crippen LogP contribution in [0.25, 0.3) is 0 Å². The van der Waals surface area contributed by atoms with Crippen LogP contribution in [0, 0.1) is 0 Å². The molecule has 0 rings (SSSR count). The van der Waals surface area contributed by atoms with E-state index in [0.717, 1.165) is 51.4 Å². The van der Waals surface area contributed by atoms with E-state index in [9.17, 15) is 19.4 Å². The van der Waals surface area contributed by atoms with Crippen molar-refractivity contribution < 1.29 is 32.9 Å². The zero-order valence-corrected chi connectivity index (χ0v) is 50.0. The number of quaternary nitrogens is 1. The fourth-order valence-corrected chi connectivity index (χ4v) is 10.1. The summed E-state index contributed by atoms with van der Waals surface area (Å²) < 4.78 is 23.3. The Labute approximate surface area is 454 Å². The molecular weight excluding hydrogens is 924 g/mol. The third-order valence-electron chi connectivity index (χ3n) is 14.3. The number of amides is 1. The molecule has 0 saturated heterocycles. The Hall–Kier alpha value is -1.54. The van der Waals surface area contributed by atoms with Gasteiger partial charge in [-0.05, 0) is 57.8 Å². The minimum absolute atomic E-state index is 0.000275. The molecule has 73 heavy (non-hydrogen) atoms. The zero-order valence-electron chi connectivity index (χ0n) is 49.1. The molecule has 0 fully saturated rings. The summed E-state index contributed by atoms with van der Waals surface area (Å²) >= 11 is 0. The molecule has 0 aromatic heterocycles. The maximum atomic E-state index is 13.0. The number of aliphatic hydroxyl groups excluding tert-OH is 1. The molecule has 0 aromatic rings. The molecule has 3 unspecified atom stereocenters. The van der Waals surface area contributed by atoms with E-state index in [-0.39, 0.29) is 19.1 Å². The summed E-state index contributed by atoms with van der Waals surface area (Å²) in [7, 11) is 1.27. The zero-order chi connectivity index (χ0) is 53.5. The summed E-state index contributed by atoms with van der Waals surface area (Å²) in [5.74, 6) is -0.193. The number of phosphoric acid groups is 1. The number of likely N-dealkylation sites (N-methyl/N-ethyl adjacent to an activating group) is 1. The third kappa shape index (κ3) is 58.0. The molecule has 0 spiro atoms. The topological polar surface area (TPSA) is 108 Å². The number of hydrogen-bond donors (Lipinski definition) is 2. The molecule has 0 aliphatic carbocycles. The Morgan fingerprint density at radius 1 is 0.479 bits per heavy atom. The van der Waals surface area contributed by atoms with Gasteiger partial charge in [0.05, 0.1) is 39.9 Å². The summed E-state index contributed by atoms with van der Waals surface area (Å²) in [5.41, 5.74) is 0. The van der Waals surface area contributed by atoms with E-state index < -0.39 is 20.0 Å². The summed E-state index contributed by atoms with van der Waals surface area (Å²) in [6.45, 7) is 4.66. The molecule has 0 radical (unpaired) electrons. The monoisotopic (exact) mass is 1050 g/mol. The van der Waals surface area contributed by atoms with Crippen LogP contribution in [0.2, 0.25) is 0 Å². The molecule has 0 aromatic carbocycles. The van der Waals surface area contributed by atoms with E-state index in [0.29, 0.717) is 17.4 Å². The van der Waals surface area contributed by atoms with Crippen molar-refractivity contribution in [1.82, 2.24) is 5.32 Å². The number of aliphatic hydroxyl groups is 1. The molecule has 0 saturated carbocycles. The largest absolute Gasteiger partial charge is 0.756 e. The van der Waals surface area contributed by atoms with E-state index in [4.69, 9.17) is 9.05 Å². The second kappa shape index (κ2) is 55.2. The van der Waals surface area contributed by atoms with Crippen LogP contribution < -0.4 is 10.2 Å². The predicted octanol–water partition coefficient (Wildman–Crippen LogP) is 18.9. The molecule has 8 nitrogen and oxygen atoms in total. The smallest absolute Gasteiger partial charge is 0.268 e. The number of unbranched alkanes of at least 4 members (excludes halogenated alkanes) is 39. The van der Waals surface area contributed by atoms with Crippen LogP contribution in [0.4, 0.5) is 0 Å². The van der Waals surface area contributed by atoms with Gasteiger partial charge < -0.3 is 28.8 Å². The maximum absolute atomic E-state index is 13.0. The third-order valence-corrected chi connectivity index (χ3v) is 15.2. The quantitative estimate of drug-likeness (QED) is 0.0272. The molecule has 0 aliphatic rings. The van der Waals surface area contributed by atoms with Crippen molar-refractivity contribution in [3.8, 4) is 0 Å². The number of hydrogen-bond acceptors (Lipinski definition) is 6. The first-order chi connectivity index (χ1) is 35.5. The maximum Gasteiger partial charge on any atom is 0.268 e. The van der Waals surface area contributed by atoms with Crippen LogP contribution in [0.1, 0.15) is 303 Å². The number of phosphoric ester groups is 1. The lowest BCUT2D eigenvalue weighted by molar-refractivity contribution is -0.870. The standard InChI is InChI=1S/C64H123N2O6P/c1-6-8-10-12-14-16-18-20-22-23-24-25-26-27-28-29-30-31-32-33-34-35-36-37-38-39-40-41-42-43-44-46-48-50-52-54-56-58-64(68)65-62(61-72-73(69,70)71-60-59-66(3,4)5)63(67)57-55-53-51-49-47-45-21-19-17-15-13-11-9-7-2/h18,20,23-24,26-27,55,57,62-63,67H,6-17,19,21-22,25,28-54,56,58-61H2,1-5H3,(H-,65,68,69,70)/b20-18-,24-23-,27-26-,57-55+. The van der Waals surface area contributed by atoms with Gasteiger partial charge in [-0.3, -0.25) is 9.36 Å². The fraction of sp³-hybridized carbons (Fsp3) is 0.859. The van der Waals surface area contributed by atoms with Crippen molar-refractivity contribution >= 4 is 13.7 Å². The highest BCUT2D eigenvalue weighted by atomic mass is 31.2. The fourth-order valence-electron chi connectivity index (χ4n) is 9.34. The summed E-state index contributed by atoms with van der Waals surface area (Å²) in [5, 5.41) is 13.9. The first-order valence-electron chi connectivity index (χ1n) is 31.5. The van der Waals surface area contributed by atoms with Crippen LogP contribution >= 0.6 is 7.82 Å². The van der Waals surface area contributed by atoms with E-state index in [1.165, 1.54) is 231 Å². The Bertz CT molecular complexity index is 1330. The normalized spacial score (nSPS) is 14.1. The Balaban J connectivity index is 3.94. The van der Waals surface area contributed by atoms with Gasteiger partial charge in [-0.25, -0.2) is 0 Å². The van der Waals surface area contributed by atoms with E-state index in [2.05, 4.69) is 55.6 Å². The van der Waals surface area contributed by atoms with Crippen LogP contribution in [-0.2, 0) is 18.4 Å². The van der Waals surface area contributed by atoms with Crippen molar-refractivity contribution in [2.45, 2.75) is 315 Å². The van der Waals surface area contributed by atoms with Crippen LogP contribution in [0.3, 0.4) is 0 Å². The van der Waals surface area contributed by atoms with Crippen LogP contribution in [-0.4, -0.2) is 68.5 Å². The summed E-state index contributed by atoms with van der Waals surface area (Å²) in [6.07, 6.45) is 73.6. The summed E-state index contributed by atoms with van der Waals surface area (Å²) in [6, 6.07) is -0.885. The first kappa shape index (κ1) is 71.5. The van der Waals surface area contributed by atoms with Crippen molar-refractivity contribution in [2.24, 2.45) is 0 Å². The number of rotatable bonds is 58. The van der Waals surface area contributed by atoms with E-state index >= 15 is 0 Å². The van der Waals surface area contributed by atoms with Gasteiger partial charge in [-0.15, -0.1) is 0 Å². The van der Waals surface area contributed by atoms with Gasteiger partial charge in [0.25, 0.3) is 7.82 Å². The number of carbonyl (C=O) groups excluding carboxylic acids is 1. The Morgan fingerprint density at radius 3 is 1.15 bits per heavy atom. The molecule has 9 heteroatoms. The Morgan fingerprint density at radius 2 is 0.795 bits per heavy atom. The number of nitrogens with one attached hydrogen (secondary N) is 1. The first-order valence-corrected chi connectivity index (χ1v) is 33.0. The van der Waals surface area contributed by atoms with Crippen molar-refractivity contribution in [1.29, 1.82) is 0 Å². The van der Waals surface area contributed by atoms with Gasteiger partial charge in [-0.2, -0.15) is 0 Å². The minimum Gasteiger partial charge on any atom is -0.756 e. The van der Waals surface area contributed by atoms with Crippen molar-refractivity contribution in [3.05, 3.63) is 48.6 Å². The lowest BCUT2D eigenvalue weighted by Crippen LogP contribution is -2.45. The second-order valence-electron chi connectivity index (χ2n) is 22.8. The molecular formula is C64H123N2O6P. The van der Waals surface area contributed by atoms with Crippen molar-refractivity contribution in [2.75, 3.05) is 40.9 Å². The van der Waals surface area contributed by atoms with Gasteiger partial charge in [0.15, 0.2) is 0 Å². The average Bonchev–Trinajstić information content (AvgIpc) is 3.35. The van der Waals surface area contributed by atoms with Gasteiger partial charge in [0.2, 0.25) is 5.91 Å². The highest BCUT2D eigenvalue weighted by Gasteiger charge is 2.23. The highest BCUT2D eigenvalue weighted by Crippen LogP contribution is 2.38. The lowest BCUT2D eigenvalue weighted by Gasteiger charge is -2.29. The lowest BCUT2D eigenvalue weighted by atomic mass is 10.0. The SMILES string of the molecule is CCCCCCC/C=C\C/C=C\C/C=C\CCCCCCCCCCCCCCCCCCCCCCCCC(=O)NC(COP(=O)([O-])OCC[N+](C)(C)C)C(O)/C=C/CCCCCCCCCCCCCC. The van der Waals surface area contributed by atoms with Gasteiger partial charge in [0.1, 0.15) is 13.2 Å². The molecule has 2 N–H and O–H groups in total. The predicted molar refractivity (Wildman–Crippen MR) is 316 cm³/mol. The van der Waals surface area contributed by atoms with Crippen LogP contribution in [0.15, 0.2) is 48.6 Å². The van der Waals surface area contributed by atoms with Gasteiger partial charge in [0, 0.05) is 6.42 Å². The minimum atomic E-state index is -4.59. The molecule has 0 bridgehead atoms. The van der Waals surface area contributed by atoms with E-state index in [1.54, 1.807) is 6.08 Å². The van der Waals surface area contributed by atoms with E-state index in [1.807, 2.05) is 27.2 Å². The molecule has 0 heterocycles. The molecule has 0 aliphatic heterocycles. The molecule has 430 valence electrons. The number of carbonyl (C=O) groups is 1. The average molecular weight is 1050 g/mol. The molecule has 1 amide bonds. The number of allylic oxidation sites excluding steroid dienone is 7. The summed E-state index contributed by atoms with van der Waals surface area (Å²) in [4.78, 5) is 25.5. The van der Waals surface area contributed by atoms with Gasteiger partial charge >= 0.3 is 0 Å². The second-order valence-corrected chi connectivity index (χ2v) is 24.2. The highest BCUT2D eigenvalue weighted by molar-refractivity contribution is 7.45.